The summed E-state index contributed by atoms with van der Waals surface area (Å²) in [6, 6.07) is 6.94. The molecule has 2 rings (SSSR count). The highest BCUT2D eigenvalue weighted by Crippen LogP contribution is 2.24. The predicted octanol–water partition coefficient (Wildman–Crippen LogP) is 0.387. The molecular formula is C17H24N2O5. The van der Waals surface area contributed by atoms with E-state index in [2.05, 4.69) is 0 Å². The normalized spacial score (nSPS) is 21.8. The Morgan fingerprint density at radius 1 is 1.33 bits per heavy atom. The highest BCUT2D eigenvalue weighted by molar-refractivity contribution is 5.83. The van der Waals surface area contributed by atoms with Gasteiger partial charge in [-0.25, -0.2) is 0 Å². The second-order valence-electron chi connectivity index (χ2n) is 6.18. The number of carboxylic acids is 1. The number of hydrogen-bond acceptors (Lipinski definition) is 5. The molecular weight excluding hydrogens is 312 g/mol. The fourth-order valence-electron chi connectivity index (χ4n) is 3.02. The zero-order valence-corrected chi connectivity index (χ0v) is 14.2. The zero-order valence-electron chi connectivity index (χ0n) is 14.2. The molecule has 0 unspecified atom stereocenters. The number of ether oxygens (including phenoxy) is 1. The second-order valence-corrected chi connectivity index (χ2v) is 6.18. The van der Waals surface area contributed by atoms with E-state index in [0.717, 1.165) is 11.3 Å². The van der Waals surface area contributed by atoms with Gasteiger partial charge in [-0.05, 0) is 31.7 Å². The molecule has 0 bridgehead atoms. The first-order chi connectivity index (χ1) is 11.3. The van der Waals surface area contributed by atoms with Crippen LogP contribution in [0.4, 0.5) is 0 Å². The van der Waals surface area contributed by atoms with Crippen LogP contribution in [0.5, 0.6) is 5.75 Å². The number of benzene rings is 1. The molecule has 1 fully saturated rings. The zero-order chi connectivity index (χ0) is 17.9. The van der Waals surface area contributed by atoms with Gasteiger partial charge in [0.25, 0.3) is 0 Å². The van der Waals surface area contributed by atoms with Gasteiger partial charge in [0, 0.05) is 13.1 Å². The van der Waals surface area contributed by atoms with Gasteiger partial charge in [0.1, 0.15) is 5.75 Å². The Morgan fingerprint density at radius 2 is 1.96 bits per heavy atom. The Labute approximate surface area is 141 Å². The van der Waals surface area contributed by atoms with Crippen LogP contribution in [-0.4, -0.2) is 77.8 Å². The lowest BCUT2D eigenvalue weighted by molar-refractivity contribution is -0.138. The molecule has 0 aromatic heterocycles. The molecule has 3 atom stereocenters. The van der Waals surface area contributed by atoms with E-state index in [0.29, 0.717) is 6.54 Å². The van der Waals surface area contributed by atoms with E-state index in [-0.39, 0.29) is 31.0 Å². The van der Waals surface area contributed by atoms with Crippen molar-refractivity contribution >= 4 is 11.9 Å². The van der Waals surface area contributed by atoms with Gasteiger partial charge in [-0.1, -0.05) is 12.1 Å². The van der Waals surface area contributed by atoms with Crippen molar-refractivity contribution in [2.24, 2.45) is 0 Å². The smallest absolute Gasteiger partial charge is 0.317 e. The number of carbonyl (C=O) groups excluding carboxylic acids is 1. The molecule has 1 aromatic rings. The molecule has 1 amide bonds. The van der Waals surface area contributed by atoms with Gasteiger partial charge in [-0.3, -0.25) is 14.5 Å². The molecule has 0 aliphatic carbocycles. The number of aliphatic carboxylic acids is 1. The SMILES string of the molecule is COc1ccc([C@@H](C)C(=O)N2C[C@@H](O)[C@H](N(C)CC(=O)O)C2)cc1. The minimum atomic E-state index is -0.957. The van der Waals surface area contributed by atoms with Crippen molar-refractivity contribution < 1.29 is 24.5 Å². The average molecular weight is 336 g/mol. The number of hydrogen-bond donors (Lipinski definition) is 2. The Balaban J connectivity index is 2.02. The molecule has 7 heteroatoms. The minimum Gasteiger partial charge on any atom is -0.497 e. The summed E-state index contributed by atoms with van der Waals surface area (Å²) in [5.41, 5.74) is 0.873. The second kappa shape index (κ2) is 7.63. The highest BCUT2D eigenvalue weighted by atomic mass is 16.5. The fraction of sp³-hybridized carbons (Fsp3) is 0.529. The molecule has 1 aromatic carbocycles. The highest BCUT2D eigenvalue weighted by Gasteiger charge is 2.38. The van der Waals surface area contributed by atoms with Crippen molar-refractivity contribution in [3.8, 4) is 5.75 Å². The van der Waals surface area contributed by atoms with Crippen LogP contribution in [0.3, 0.4) is 0 Å². The number of carbonyl (C=O) groups is 2. The molecule has 0 saturated carbocycles. The number of β-amino-alcohol motifs (C(OH)–C–C–N with tert-alkyl or cyclic N) is 1. The molecule has 7 nitrogen and oxygen atoms in total. The first kappa shape index (κ1) is 18.2. The Hall–Kier alpha value is -2.12. The van der Waals surface area contributed by atoms with Crippen molar-refractivity contribution in [1.82, 2.24) is 9.80 Å². The summed E-state index contributed by atoms with van der Waals surface area (Å²) in [6.45, 7) is 2.20. The van der Waals surface area contributed by atoms with E-state index < -0.39 is 12.1 Å². The molecule has 0 radical (unpaired) electrons. The van der Waals surface area contributed by atoms with E-state index >= 15 is 0 Å². The van der Waals surface area contributed by atoms with Gasteiger partial charge in [-0.15, -0.1) is 0 Å². The Kier molecular flexibility index (Phi) is 5.80. The van der Waals surface area contributed by atoms with Crippen LogP contribution in [0.2, 0.25) is 0 Å². The van der Waals surface area contributed by atoms with Crippen LogP contribution in [-0.2, 0) is 9.59 Å². The van der Waals surface area contributed by atoms with Gasteiger partial charge in [0.2, 0.25) is 5.91 Å². The Morgan fingerprint density at radius 3 is 2.50 bits per heavy atom. The van der Waals surface area contributed by atoms with Crippen LogP contribution in [0.25, 0.3) is 0 Å². The average Bonchev–Trinajstić information content (AvgIpc) is 2.95. The Bertz CT molecular complexity index is 589. The molecule has 0 spiro atoms. The molecule has 2 N–H and O–H groups in total. The predicted molar refractivity (Wildman–Crippen MR) is 88.0 cm³/mol. The first-order valence-electron chi connectivity index (χ1n) is 7.86. The van der Waals surface area contributed by atoms with Crippen LogP contribution in [0, 0.1) is 0 Å². The topological polar surface area (TPSA) is 90.3 Å². The van der Waals surface area contributed by atoms with Crippen molar-refractivity contribution in [1.29, 1.82) is 0 Å². The lowest BCUT2D eigenvalue weighted by atomic mass is 10.00. The van der Waals surface area contributed by atoms with Crippen molar-refractivity contribution in [3.05, 3.63) is 29.8 Å². The summed E-state index contributed by atoms with van der Waals surface area (Å²) in [7, 11) is 3.23. The van der Waals surface area contributed by atoms with Crippen LogP contribution in [0.1, 0.15) is 18.4 Å². The maximum atomic E-state index is 12.7. The summed E-state index contributed by atoms with van der Waals surface area (Å²) in [6.07, 6.45) is -0.749. The van der Waals surface area contributed by atoms with Gasteiger partial charge in [-0.2, -0.15) is 0 Å². The van der Waals surface area contributed by atoms with Crippen molar-refractivity contribution in [2.75, 3.05) is 33.8 Å². The quantitative estimate of drug-likeness (QED) is 0.781. The number of aliphatic hydroxyl groups is 1. The van der Waals surface area contributed by atoms with Gasteiger partial charge < -0.3 is 19.8 Å². The van der Waals surface area contributed by atoms with E-state index in [4.69, 9.17) is 9.84 Å². The summed E-state index contributed by atoms with van der Waals surface area (Å²) < 4.78 is 5.11. The molecule has 1 heterocycles. The minimum absolute atomic E-state index is 0.0783. The van der Waals surface area contributed by atoms with Gasteiger partial charge >= 0.3 is 5.97 Å². The largest absolute Gasteiger partial charge is 0.497 e. The number of methoxy groups -OCH3 is 1. The van der Waals surface area contributed by atoms with E-state index in [1.807, 2.05) is 19.1 Å². The van der Waals surface area contributed by atoms with Crippen LogP contribution in [0.15, 0.2) is 24.3 Å². The standard InChI is InChI=1S/C17H24N2O5/c1-11(12-4-6-13(24-3)7-5-12)17(23)19-8-14(15(20)9-19)18(2)10-16(21)22/h4-7,11,14-15,20H,8-10H2,1-3H3,(H,21,22)/t11-,14-,15-/m1/s1. The third-order valence-corrected chi connectivity index (χ3v) is 4.51. The lowest BCUT2D eigenvalue weighted by Crippen LogP contribution is -2.43. The molecule has 1 saturated heterocycles. The molecule has 1 aliphatic heterocycles. The number of nitrogens with zero attached hydrogens (tertiary/aromatic N) is 2. The third kappa shape index (κ3) is 4.04. The number of carboxylic acid groups (broad SMARTS) is 1. The van der Waals surface area contributed by atoms with E-state index in [9.17, 15) is 14.7 Å². The van der Waals surface area contributed by atoms with Crippen molar-refractivity contribution in [3.63, 3.8) is 0 Å². The number of likely N-dealkylation sites (N-methyl/N-ethyl adjacent to an activating group) is 1. The maximum Gasteiger partial charge on any atom is 0.317 e. The maximum absolute atomic E-state index is 12.7. The van der Waals surface area contributed by atoms with E-state index in [1.54, 1.807) is 36.1 Å². The number of amides is 1. The van der Waals surface area contributed by atoms with Crippen molar-refractivity contribution in [2.45, 2.75) is 25.0 Å². The summed E-state index contributed by atoms with van der Waals surface area (Å²) >= 11 is 0. The number of rotatable bonds is 6. The first-order valence-corrected chi connectivity index (χ1v) is 7.86. The van der Waals surface area contributed by atoms with Gasteiger partial charge in [0.05, 0.1) is 31.7 Å². The fourth-order valence-corrected chi connectivity index (χ4v) is 3.02. The lowest BCUT2D eigenvalue weighted by Gasteiger charge is -2.25. The molecule has 24 heavy (non-hydrogen) atoms. The monoisotopic (exact) mass is 336 g/mol. The van der Waals surface area contributed by atoms with Crippen LogP contribution < -0.4 is 4.74 Å². The van der Waals surface area contributed by atoms with Crippen LogP contribution >= 0.6 is 0 Å². The number of likely N-dealkylation sites (tertiary alicyclic amines) is 1. The van der Waals surface area contributed by atoms with Gasteiger partial charge in [0.15, 0.2) is 0 Å². The van der Waals surface area contributed by atoms with E-state index in [1.165, 1.54) is 0 Å². The summed E-state index contributed by atoms with van der Waals surface area (Å²) in [5, 5.41) is 19.0. The molecule has 1 aliphatic rings. The summed E-state index contributed by atoms with van der Waals surface area (Å²) in [4.78, 5) is 26.7. The summed E-state index contributed by atoms with van der Waals surface area (Å²) in [5.74, 6) is -0.650. The molecule has 132 valence electrons. The number of aliphatic hydroxyl groups excluding tert-OH is 1. The third-order valence-electron chi connectivity index (χ3n) is 4.51.